The van der Waals surface area contributed by atoms with Crippen molar-refractivity contribution in [2.24, 2.45) is 0 Å². The highest BCUT2D eigenvalue weighted by atomic mass is 32.1. The summed E-state index contributed by atoms with van der Waals surface area (Å²) in [5, 5.41) is 0. The molecule has 0 saturated carbocycles. The van der Waals surface area contributed by atoms with Gasteiger partial charge in [0.25, 0.3) is 0 Å². The summed E-state index contributed by atoms with van der Waals surface area (Å²) < 4.78 is 0. The molecule has 12 heavy (non-hydrogen) atoms. The van der Waals surface area contributed by atoms with Gasteiger partial charge in [0.15, 0.2) is 0 Å². The molecule has 0 fully saturated rings. The van der Waals surface area contributed by atoms with Crippen molar-refractivity contribution in [2.45, 2.75) is 32.9 Å². The fourth-order valence-electron chi connectivity index (χ4n) is 0.814. The lowest BCUT2D eigenvalue weighted by atomic mass is 10.3. The topological polar surface area (TPSA) is 12.9 Å². The molecule has 0 spiro atoms. The van der Waals surface area contributed by atoms with E-state index in [4.69, 9.17) is 0 Å². The van der Waals surface area contributed by atoms with Gasteiger partial charge < -0.3 is 0 Å². The second-order valence-electron chi connectivity index (χ2n) is 2.13. The van der Waals surface area contributed by atoms with E-state index < -0.39 is 0 Å². The molecule has 0 unspecified atom stereocenters. The fourth-order valence-corrected chi connectivity index (χ4v) is 0.990. The Balaban J connectivity index is 0.000000561. The first kappa shape index (κ1) is 11.5. The molecule has 0 aromatic carbocycles. The van der Waals surface area contributed by atoms with E-state index >= 15 is 0 Å². The van der Waals surface area contributed by atoms with E-state index in [2.05, 4.69) is 24.5 Å². The molecule has 0 N–H and O–H groups in total. The summed E-state index contributed by atoms with van der Waals surface area (Å²) in [4.78, 5) is 4.33. The minimum atomic E-state index is 0.730. The molecule has 0 bridgehead atoms. The molecular formula is C10H17NS. The molecule has 1 aromatic rings. The van der Waals surface area contributed by atoms with Crippen LogP contribution in [0.15, 0.2) is 18.2 Å². The number of rotatable bonds is 2. The first-order chi connectivity index (χ1) is 5.86. The van der Waals surface area contributed by atoms with Crippen LogP contribution in [-0.4, -0.2) is 4.98 Å². The van der Waals surface area contributed by atoms with Crippen LogP contribution in [0, 0.1) is 0 Å². The van der Waals surface area contributed by atoms with Crippen LogP contribution in [0.25, 0.3) is 0 Å². The van der Waals surface area contributed by atoms with Gasteiger partial charge in [-0.1, -0.05) is 26.8 Å². The van der Waals surface area contributed by atoms with Gasteiger partial charge in [-0.2, -0.15) is 12.6 Å². The standard InChI is InChI=1S/C8H11NS.C2H6/c1-2-7-4-3-5-8(6-10)9-7;1-2/h3-5,10H,2,6H2,1H3;1-2H3. The molecule has 0 aliphatic rings. The van der Waals surface area contributed by atoms with Crippen LogP contribution in [0.4, 0.5) is 0 Å². The monoisotopic (exact) mass is 183 g/mol. The normalized spacial score (nSPS) is 8.67. The van der Waals surface area contributed by atoms with Gasteiger partial charge in [0.1, 0.15) is 0 Å². The van der Waals surface area contributed by atoms with Crippen molar-refractivity contribution in [1.82, 2.24) is 4.98 Å². The Morgan fingerprint density at radius 1 is 1.25 bits per heavy atom. The summed E-state index contributed by atoms with van der Waals surface area (Å²) in [6.07, 6.45) is 1.00. The predicted molar refractivity (Wildman–Crippen MR) is 57.7 cm³/mol. The van der Waals surface area contributed by atoms with Gasteiger partial charge in [0.05, 0.1) is 5.69 Å². The summed E-state index contributed by atoms with van der Waals surface area (Å²) in [7, 11) is 0. The van der Waals surface area contributed by atoms with Gasteiger partial charge >= 0.3 is 0 Å². The largest absolute Gasteiger partial charge is 0.257 e. The summed E-state index contributed by atoms with van der Waals surface area (Å²) in [6.45, 7) is 6.10. The third-order valence-corrected chi connectivity index (χ3v) is 1.71. The lowest BCUT2D eigenvalue weighted by molar-refractivity contribution is 1.00. The molecule has 2 heteroatoms. The quantitative estimate of drug-likeness (QED) is 0.695. The molecule has 1 rings (SSSR count). The van der Waals surface area contributed by atoms with E-state index in [-0.39, 0.29) is 0 Å². The van der Waals surface area contributed by atoms with Crippen molar-refractivity contribution in [3.05, 3.63) is 29.6 Å². The van der Waals surface area contributed by atoms with Gasteiger partial charge in [0, 0.05) is 11.4 Å². The molecule has 1 aromatic heterocycles. The lowest BCUT2D eigenvalue weighted by Crippen LogP contribution is -1.90. The van der Waals surface area contributed by atoms with E-state index in [1.54, 1.807) is 0 Å². The maximum Gasteiger partial charge on any atom is 0.0503 e. The summed E-state index contributed by atoms with van der Waals surface area (Å²) in [5.74, 6) is 0.730. The Bertz CT molecular complexity index is 191. The number of hydrogen-bond acceptors (Lipinski definition) is 2. The van der Waals surface area contributed by atoms with E-state index in [1.165, 1.54) is 0 Å². The second kappa shape index (κ2) is 7.17. The van der Waals surface area contributed by atoms with E-state index in [1.807, 2.05) is 32.0 Å². The highest BCUT2D eigenvalue weighted by molar-refractivity contribution is 7.79. The van der Waals surface area contributed by atoms with Crippen LogP contribution < -0.4 is 0 Å². The molecule has 0 saturated heterocycles. The zero-order valence-corrected chi connectivity index (χ0v) is 8.94. The summed E-state index contributed by atoms with van der Waals surface area (Å²) in [5.41, 5.74) is 2.20. The molecule has 0 amide bonds. The van der Waals surface area contributed by atoms with E-state index in [9.17, 15) is 0 Å². The van der Waals surface area contributed by atoms with E-state index in [0.29, 0.717) is 0 Å². The van der Waals surface area contributed by atoms with E-state index in [0.717, 1.165) is 23.6 Å². The van der Waals surface area contributed by atoms with Crippen molar-refractivity contribution >= 4 is 12.6 Å². The van der Waals surface area contributed by atoms with Crippen LogP contribution >= 0.6 is 12.6 Å². The Hall–Kier alpha value is -0.500. The zero-order valence-electron chi connectivity index (χ0n) is 8.04. The molecule has 0 aliphatic carbocycles. The maximum atomic E-state index is 4.33. The van der Waals surface area contributed by atoms with Gasteiger partial charge in [-0.3, -0.25) is 4.98 Å². The summed E-state index contributed by atoms with van der Waals surface area (Å²) >= 11 is 4.13. The lowest BCUT2D eigenvalue weighted by Gasteiger charge is -1.97. The molecule has 0 atom stereocenters. The predicted octanol–water partition coefficient (Wildman–Crippen LogP) is 3.10. The Morgan fingerprint density at radius 3 is 2.33 bits per heavy atom. The molecule has 1 heterocycles. The number of aromatic nitrogens is 1. The summed E-state index contributed by atoms with van der Waals surface area (Å²) in [6, 6.07) is 6.05. The van der Waals surface area contributed by atoms with Crippen LogP contribution in [0.3, 0.4) is 0 Å². The Labute approximate surface area is 80.6 Å². The number of thiol groups is 1. The van der Waals surface area contributed by atoms with Crippen LogP contribution in [0.2, 0.25) is 0 Å². The van der Waals surface area contributed by atoms with Crippen LogP contribution in [0.1, 0.15) is 32.2 Å². The van der Waals surface area contributed by atoms with Crippen LogP contribution in [-0.2, 0) is 12.2 Å². The first-order valence-corrected chi connectivity index (χ1v) is 5.05. The van der Waals surface area contributed by atoms with Gasteiger partial charge in [0.2, 0.25) is 0 Å². The highest BCUT2D eigenvalue weighted by Gasteiger charge is 1.91. The maximum absolute atomic E-state index is 4.33. The van der Waals surface area contributed by atoms with Crippen molar-refractivity contribution in [3.63, 3.8) is 0 Å². The molecule has 68 valence electrons. The SMILES string of the molecule is CC.CCc1cccc(CS)n1. The number of nitrogens with zero attached hydrogens (tertiary/aromatic N) is 1. The smallest absolute Gasteiger partial charge is 0.0503 e. The van der Waals surface area contributed by atoms with Crippen molar-refractivity contribution in [1.29, 1.82) is 0 Å². The third-order valence-electron chi connectivity index (χ3n) is 1.39. The third kappa shape index (κ3) is 3.77. The van der Waals surface area contributed by atoms with Crippen molar-refractivity contribution in [2.75, 3.05) is 0 Å². The Morgan fingerprint density at radius 2 is 1.83 bits per heavy atom. The number of aryl methyl sites for hydroxylation is 1. The highest BCUT2D eigenvalue weighted by Crippen LogP contribution is 2.01. The number of hydrogen-bond donors (Lipinski definition) is 1. The number of pyridine rings is 1. The van der Waals surface area contributed by atoms with Gasteiger partial charge in [-0.25, -0.2) is 0 Å². The minimum absolute atomic E-state index is 0.730. The molecule has 1 nitrogen and oxygen atoms in total. The average Bonchev–Trinajstić information content (AvgIpc) is 2.21. The minimum Gasteiger partial charge on any atom is -0.257 e. The fraction of sp³-hybridized carbons (Fsp3) is 0.500. The van der Waals surface area contributed by atoms with Crippen molar-refractivity contribution in [3.8, 4) is 0 Å². The second-order valence-corrected chi connectivity index (χ2v) is 2.45. The Kier molecular flexibility index (Phi) is 6.87. The van der Waals surface area contributed by atoms with Crippen LogP contribution in [0.5, 0.6) is 0 Å². The molecular weight excluding hydrogens is 166 g/mol. The molecule has 0 aliphatic heterocycles. The van der Waals surface area contributed by atoms with Gasteiger partial charge in [-0.05, 0) is 18.6 Å². The average molecular weight is 183 g/mol. The molecule has 0 radical (unpaired) electrons. The van der Waals surface area contributed by atoms with Gasteiger partial charge in [-0.15, -0.1) is 0 Å². The zero-order chi connectivity index (χ0) is 9.40. The van der Waals surface area contributed by atoms with Crippen molar-refractivity contribution < 1.29 is 0 Å². The first-order valence-electron chi connectivity index (χ1n) is 4.42.